The zero-order valence-corrected chi connectivity index (χ0v) is 13.7. The van der Waals surface area contributed by atoms with Crippen LogP contribution in [0.5, 0.6) is 11.5 Å². The van der Waals surface area contributed by atoms with Crippen molar-refractivity contribution in [2.75, 3.05) is 24.4 Å². The molecule has 0 fully saturated rings. The number of amides is 2. The number of rotatable bonds is 5. The second kappa shape index (κ2) is 6.76. The number of carbonyl (C=O) groups excluding carboxylic acids is 2. The van der Waals surface area contributed by atoms with Gasteiger partial charge in [-0.2, -0.15) is 0 Å². The van der Waals surface area contributed by atoms with Gasteiger partial charge in [0.05, 0.1) is 11.4 Å². The Kier molecular flexibility index (Phi) is 4.98. The van der Waals surface area contributed by atoms with Crippen LogP contribution in [0.3, 0.4) is 0 Å². The summed E-state index contributed by atoms with van der Waals surface area (Å²) < 4.78 is 10.5. The number of nitrogens with two attached hydrogens (primary N) is 1. The van der Waals surface area contributed by atoms with Gasteiger partial charge in [0.1, 0.15) is 0 Å². The smallest absolute Gasteiger partial charge is 0.231 e. The molecule has 1 aliphatic rings. The highest BCUT2D eigenvalue weighted by atomic mass is 16.7. The number of fused-ring (bicyclic) bond motifs is 1. The van der Waals surface area contributed by atoms with Gasteiger partial charge in [0.2, 0.25) is 18.6 Å². The van der Waals surface area contributed by atoms with Gasteiger partial charge in [0.15, 0.2) is 11.5 Å². The molecule has 0 aliphatic carbocycles. The largest absolute Gasteiger partial charge is 0.454 e. The first-order chi connectivity index (χ1) is 10.8. The standard InChI is InChI=1S/C16H23N3O4/c1-16(2,3)15(21)18-6-4-5-14(20)19-11-8-13-12(7-10(11)17)22-9-23-13/h7-8H,4-6,9,17H2,1-3H3,(H,18,21)(H,19,20). The summed E-state index contributed by atoms with van der Waals surface area (Å²) in [5.41, 5.74) is 6.37. The lowest BCUT2D eigenvalue weighted by molar-refractivity contribution is -0.128. The molecule has 0 saturated heterocycles. The summed E-state index contributed by atoms with van der Waals surface area (Å²) in [5, 5.41) is 5.55. The molecule has 0 aromatic heterocycles. The number of nitrogen functional groups attached to an aromatic ring is 1. The van der Waals surface area contributed by atoms with Gasteiger partial charge in [-0.05, 0) is 6.42 Å². The molecular formula is C16H23N3O4. The van der Waals surface area contributed by atoms with Gasteiger partial charge in [0.25, 0.3) is 0 Å². The second-order valence-corrected chi connectivity index (χ2v) is 6.45. The van der Waals surface area contributed by atoms with Gasteiger partial charge in [-0.3, -0.25) is 9.59 Å². The zero-order chi connectivity index (χ0) is 17.0. The minimum absolute atomic E-state index is 0.0297. The maximum atomic E-state index is 12.0. The van der Waals surface area contributed by atoms with E-state index >= 15 is 0 Å². The maximum absolute atomic E-state index is 12.0. The van der Waals surface area contributed by atoms with E-state index in [0.29, 0.717) is 35.8 Å². The fourth-order valence-electron chi connectivity index (χ4n) is 1.99. The highest BCUT2D eigenvalue weighted by Crippen LogP contribution is 2.38. The van der Waals surface area contributed by atoms with Crippen LogP contribution in [-0.2, 0) is 9.59 Å². The summed E-state index contributed by atoms with van der Waals surface area (Å²) in [5.74, 6) is 0.941. The fraction of sp³-hybridized carbons (Fsp3) is 0.500. The van der Waals surface area contributed by atoms with Crippen molar-refractivity contribution in [2.45, 2.75) is 33.6 Å². The summed E-state index contributed by atoms with van der Waals surface area (Å²) >= 11 is 0. The van der Waals surface area contributed by atoms with E-state index in [1.165, 1.54) is 0 Å². The maximum Gasteiger partial charge on any atom is 0.231 e. The van der Waals surface area contributed by atoms with Crippen molar-refractivity contribution in [1.82, 2.24) is 5.32 Å². The molecule has 0 spiro atoms. The Balaban J connectivity index is 1.78. The molecule has 7 heteroatoms. The van der Waals surface area contributed by atoms with Crippen molar-refractivity contribution in [2.24, 2.45) is 5.41 Å². The van der Waals surface area contributed by atoms with Gasteiger partial charge in [-0.15, -0.1) is 0 Å². The molecule has 0 unspecified atom stereocenters. The predicted octanol–water partition coefficient (Wildman–Crippen LogP) is 1.88. The lowest BCUT2D eigenvalue weighted by Crippen LogP contribution is -2.35. The van der Waals surface area contributed by atoms with E-state index in [-0.39, 0.29) is 25.0 Å². The topological polar surface area (TPSA) is 103 Å². The van der Waals surface area contributed by atoms with Crippen LogP contribution in [-0.4, -0.2) is 25.2 Å². The molecule has 126 valence electrons. The number of ether oxygens (including phenoxy) is 2. The normalized spacial score (nSPS) is 12.8. The summed E-state index contributed by atoms with van der Waals surface area (Å²) in [6.45, 7) is 6.14. The van der Waals surface area contributed by atoms with Gasteiger partial charge in [0, 0.05) is 30.5 Å². The number of anilines is 2. The molecule has 23 heavy (non-hydrogen) atoms. The van der Waals surface area contributed by atoms with E-state index in [1.54, 1.807) is 12.1 Å². The van der Waals surface area contributed by atoms with Gasteiger partial charge in [-0.25, -0.2) is 0 Å². The Morgan fingerprint density at radius 2 is 1.87 bits per heavy atom. The van der Waals surface area contributed by atoms with Gasteiger partial charge >= 0.3 is 0 Å². The third kappa shape index (κ3) is 4.51. The average molecular weight is 321 g/mol. The summed E-state index contributed by atoms with van der Waals surface area (Å²) in [6.07, 6.45) is 0.844. The highest BCUT2D eigenvalue weighted by molar-refractivity contribution is 5.94. The molecule has 2 amide bonds. The van der Waals surface area contributed by atoms with Crippen molar-refractivity contribution < 1.29 is 19.1 Å². The lowest BCUT2D eigenvalue weighted by atomic mass is 9.96. The molecule has 0 radical (unpaired) electrons. The average Bonchev–Trinajstić information content (AvgIpc) is 2.89. The van der Waals surface area contributed by atoms with E-state index < -0.39 is 5.41 Å². The van der Waals surface area contributed by atoms with Crippen LogP contribution in [0.2, 0.25) is 0 Å². The first-order valence-corrected chi connectivity index (χ1v) is 7.54. The van der Waals surface area contributed by atoms with Crippen molar-refractivity contribution in [3.05, 3.63) is 12.1 Å². The van der Waals surface area contributed by atoms with E-state index in [9.17, 15) is 9.59 Å². The van der Waals surface area contributed by atoms with Crippen molar-refractivity contribution in [1.29, 1.82) is 0 Å². The first kappa shape index (κ1) is 16.9. The minimum Gasteiger partial charge on any atom is -0.454 e. The molecule has 1 aliphatic heterocycles. The highest BCUT2D eigenvalue weighted by Gasteiger charge is 2.20. The monoisotopic (exact) mass is 321 g/mol. The molecular weight excluding hydrogens is 298 g/mol. The van der Waals surface area contributed by atoms with E-state index in [4.69, 9.17) is 15.2 Å². The Morgan fingerprint density at radius 1 is 1.22 bits per heavy atom. The van der Waals surface area contributed by atoms with Crippen molar-refractivity contribution in [3.8, 4) is 11.5 Å². The zero-order valence-electron chi connectivity index (χ0n) is 13.7. The van der Waals surface area contributed by atoms with E-state index in [1.807, 2.05) is 20.8 Å². The number of nitrogens with one attached hydrogen (secondary N) is 2. The van der Waals surface area contributed by atoms with Crippen LogP contribution in [0.25, 0.3) is 0 Å². The van der Waals surface area contributed by atoms with Crippen LogP contribution < -0.4 is 25.8 Å². The number of carbonyl (C=O) groups is 2. The van der Waals surface area contributed by atoms with Crippen molar-refractivity contribution >= 4 is 23.2 Å². The second-order valence-electron chi connectivity index (χ2n) is 6.45. The van der Waals surface area contributed by atoms with Crippen molar-refractivity contribution in [3.63, 3.8) is 0 Å². The molecule has 0 bridgehead atoms. The van der Waals surface area contributed by atoms with Crippen LogP contribution >= 0.6 is 0 Å². The predicted molar refractivity (Wildman–Crippen MR) is 87.3 cm³/mol. The van der Waals surface area contributed by atoms with Gasteiger partial charge < -0.3 is 25.8 Å². The summed E-state index contributed by atoms with van der Waals surface area (Å²) in [7, 11) is 0. The molecule has 1 aromatic rings. The number of hydrogen-bond donors (Lipinski definition) is 3. The fourth-order valence-corrected chi connectivity index (χ4v) is 1.99. The van der Waals surface area contributed by atoms with E-state index in [0.717, 1.165) is 0 Å². The SMILES string of the molecule is CC(C)(C)C(=O)NCCCC(=O)Nc1cc2c(cc1N)OCO2. The van der Waals surface area contributed by atoms with Crippen LogP contribution in [0.15, 0.2) is 12.1 Å². The number of benzene rings is 1. The third-order valence-corrected chi connectivity index (χ3v) is 3.37. The molecule has 2 rings (SSSR count). The molecule has 4 N–H and O–H groups in total. The van der Waals surface area contributed by atoms with Crippen LogP contribution in [0, 0.1) is 5.41 Å². The molecule has 1 heterocycles. The van der Waals surface area contributed by atoms with Crippen LogP contribution in [0.1, 0.15) is 33.6 Å². The first-order valence-electron chi connectivity index (χ1n) is 7.54. The summed E-state index contributed by atoms with van der Waals surface area (Å²) in [4.78, 5) is 23.7. The summed E-state index contributed by atoms with van der Waals surface area (Å²) in [6, 6.07) is 3.28. The van der Waals surface area contributed by atoms with Crippen LogP contribution in [0.4, 0.5) is 11.4 Å². The third-order valence-electron chi connectivity index (χ3n) is 3.37. The lowest BCUT2D eigenvalue weighted by Gasteiger charge is -2.17. The minimum atomic E-state index is -0.427. The molecule has 0 atom stereocenters. The Bertz CT molecular complexity index is 608. The quantitative estimate of drug-likeness (QED) is 0.567. The Labute approximate surface area is 135 Å². The molecule has 1 aromatic carbocycles. The molecule has 0 saturated carbocycles. The Hall–Kier alpha value is -2.44. The number of hydrogen-bond acceptors (Lipinski definition) is 5. The van der Waals surface area contributed by atoms with E-state index in [2.05, 4.69) is 10.6 Å². The Morgan fingerprint density at radius 3 is 2.52 bits per heavy atom. The van der Waals surface area contributed by atoms with Gasteiger partial charge in [-0.1, -0.05) is 20.8 Å². The molecule has 7 nitrogen and oxygen atoms in total.